The summed E-state index contributed by atoms with van der Waals surface area (Å²) in [7, 11) is 0. The van der Waals surface area contributed by atoms with E-state index in [-0.39, 0.29) is 0 Å². The summed E-state index contributed by atoms with van der Waals surface area (Å²) in [6, 6.07) is 36.5. The number of anilines is 3. The van der Waals surface area contributed by atoms with Crippen LogP contribution in [0.25, 0.3) is 11.1 Å². The summed E-state index contributed by atoms with van der Waals surface area (Å²) in [6.45, 7) is 4.31. The van der Waals surface area contributed by atoms with E-state index in [1.54, 1.807) is 0 Å². The molecule has 0 amide bonds. The average molecular weight is 349 g/mol. The minimum atomic E-state index is 1.15. The second kappa shape index (κ2) is 7.51. The number of benzene rings is 4. The lowest BCUT2D eigenvalue weighted by Gasteiger charge is -2.25. The van der Waals surface area contributed by atoms with Gasteiger partial charge >= 0.3 is 0 Å². The molecule has 4 aromatic carbocycles. The fraction of sp³-hybridized carbons (Fsp3) is 0.0769. The molecule has 0 bridgehead atoms. The van der Waals surface area contributed by atoms with Gasteiger partial charge in [0.1, 0.15) is 0 Å². The minimum Gasteiger partial charge on any atom is -0.311 e. The normalized spacial score (nSPS) is 10.6. The Bertz CT molecular complexity index is 979. The lowest BCUT2D eigenvalue weighted by atomic mass is 9.98. The first-order valence-electron chi connectivity index (χ1n) is 9.30. The molecule has 0 heterocycles. The van der Waals surface area contributed by atoms with Gasteiger partial charge in [-0.05, 0) is 66.9 Å². The number of hydrogen-bond acceptors (Lipinski definition) is 1. The molecule has 0 N–H and O–H groups in total. The van der Waals surface area contributed by atoms with E-state index in [0.717, 1.165) is 17.1 Å². The summed E-state index contributed by atoms with van der Waals surface area (Å²) in [4.78, 5) is 2.28. The van der Waals surface area contributed by atoms with Gasteiger partial charge in [-0.1, -0.05) is 72.3 Å². The third-order valence-corrected chi connectivity index (χ3v) is 4.85. The number of para-hydroxylation sites is 2. The first-order valence-corrected chi connectivity index (χ1v) is 9.30. The van der Waals surface area contributed by atoms with E-state index in [1.165, 1.54) is 22.3 Å². The lowest BCUT2D eigenvalue weighted by Crippen LogP contribution is -2.09. The number of hydrogen-bond donors (Lipinski definition) is 0. The van der Waals surface area contributed by atoms with E-state index in [0.29, 0.717) is 0 Å². The highest BCUT2D eigenvalue weighted by molar-refractivity contribution is 5.78. The molecule has 132 valence electrons. The number of aryl methyl sites for hydroxylation is 2. The number of nitrogens with zero attached hydrogens (tertiary/aromatic N) is 1. The maximum absolute atomic E-state index is 2.28. The van der Waals surface area contributed by atoms with Gasteiger partial charge in [0.25, 0.3) is 0 Å². The van der Waals surface area contributed by atoms with Gasteiger partial charge in [-0.3, -0.25) is 0 Å². The van der Waals surface area contributed by atoms with Gasteiger partial charge in [-0.25, -0.2) is 0 Å². The standard InChI is InChI=1S/C26H23N/c1-20-13-18-26(21(2)19-20)22-14-16-25(17-15-22)27(23-9-5-3-6-10-23)24-11-7-4-8-12-24/h3-19H,1-2H3. The van der Waals surface area contributed by atoms with E-state index in [4.69, 9.17) is 0 Å². The largest absolute Gasteiger partial charge is 0.311 e. The molecule has 4 aromatic rings. The molecule has 1 nitrogen and oxygen atoms in total. The van der Waals surface area contributed by atoms with Crippen LogP contribution in [0.3, 0.4) is 0 Å². The molecule has 0 atom stereocenters. The third kappa shape index (κ3) is 3.63. The Labute approximate surface area is 161 Å². The van der Waals surface area contributed by atoms with Crippen molar-refractivity contribution in [2.24, 2.45) is 0 Å². The van der Waals surface area contributed by atoms with Crippen molar-refractivity contribution in [3.8, 4) is 11.1 Å². The van der Waals surface area contributed by atoms with Crippen LogP contribution in [-0.4, -0.2) is 0 Å². The molecule has 0 spiro atoms. The van der Waals surface area contributed by atoms with Crippen molar-refractivity contribution in [3.63, 3.8) is 0 Å². The smallest absolute Gasteiger partial charge is 0.0462 e. The summed E-state index contributed by atoms with van der Waals surface area (Å²) >= 11 is 0. The maximum atomic E-state index is 2.28. The van der Waals surface area contributed by atoms with Crippen molar-refractivity contribution >= 4 is 17.1 Å². The van der Waals surface area contributed by atoms with Crippen molar-refractivity contribution in [1.82, 2.24) is 0 Å². The zero-order valence-electron chi connectivity index (χ0n) is 15.8. The predicted molar refractivity (Wildman–Crippen MR) is 116 cm³/mol. The van der Waals surface area contributed by atoms with Crippen LogP contribution in [0.4, 0.5) is 17.1 Å². The Morgan fingerprint density at radius 2 is 1.04 bits per heavy atom. The average Bonchev–Trinajstić information content (AvgIpc) is 2.71. The van der Waals surface area contributed by atoms with Crippen LogP contribution in [0.1, 0.15) is 11.1 Å². The molecular weight excluding hydrogens is 326 g/mol. The molecule has 0 aliphatic rings. The quantitative estimate of drug-likeness (QED) is 0.370. The molecule has 4 rings (SSSR count). The molecule has 0 aliphatic heterocycles. The summed E-state index contributed by atoms with van der Waals surface area (Å²) in [5, 5.41) is 0. The second-order valence-corrected chi connectivity index (χ2v) is 6.87. The van der Waals surface area contributed by atoms with E-state index >= 15 is 0 Å². The highest BCUT2D eigenvalue weighted by atomic mass is 15.1. The Balaban J connectivity index is 1.75. The van der Waals surface area contributed by atoms with Crippen molar-refractivity contribution in [2.45, 2.75) is 13.8 Å². The molecule has 0 aromatic heterocycles. The van der Waals surface area contributed by atoms with Gasteiger partial charge in [0, 0.05) is 17.1 Å². The molecule has 0 radical (unpaired) electrons. The Hall–Kier alpha value is -3.32. The second-order valence-electron chi connectivity index (χ2n) is 6.87. The summed E-state index contributed by atoms with van der Waals surface area (Å²) in [5.41, 5.74) is 8.61. The van der Waals surface area contributed by atoms with Crippen LogP contribution < -0.4 is 4.90 Å². The van der Waals surface area contributed by atoms with Crippen molar-refractivity contribution in [1.29, 1.82) is 0 Å². The fourth-order valence-electron chi connectivity index (χ4n) is 3.53. The summed E-state index contributed by atoms with van der Waals surface area (Å²) < 4.78 is 0. The van der Waals surface area contributed by atoms with Crippen LogP contribution in [-0.2, 0) is 0 Å². The SMILES string of the molecule is Cc1ccc(-c2ccc(N(c3ccccc3)c3ccccc3)cc2)c(C)c1. The van der Waals surface area contributed by atoms with E-state index in [2.05, 4.69) is 122 Å². The van der Waals surface area contributed by atoms with Gasteiger partial charge in [0.2, 0.25) is 0 Å². The molecule has 1 heteroatoms. The van der Waals surface area contributed by atoms with Crippen LogP contribution >= 0.6 is 0 Å². The van der Waals surface area contributed by atoms with Crippen molar-refractivity contribution < 1.29 is 0 Å². The predicted octanol–water partition coefficient (Wildman–Crippen LogP) is 7.44. The van der Waals surface area contributed by atoms with Crippen LogP contribution in [0.5, 0.6) is 0 Å². The van der Waals surface area contributed by atoms with Crippen molar-refractivity contribution in [2.75, 3.05) is 4.90 Å². The van der Waals surface area contributed by atoms with E-state index in [9.17, 15) is 0 Å². The summed E-state index contributed by atoms with van der Waals surface area (Å²) in [5.74, 6) is 0. The molecule has 27 heavy (non-hydrogen) atoms. The molecule has 0 saturated carbocycles. The highest BCUT2D eigenvalue weighted by Gasteiger charge is 2.12. The van der Waals surface area contributed by atoms with Gasteiger partial charge in [0.05, 0.1) is 0 Å². The fourth-order valence-corrected chi connectivity index (χ4v) is 3.53. The van der Waals surface area contributed by atoms with Gasteiger partial charge in [-0.2, -0.15) is 0 Å². The van der Waals surface area contributed by atoms with Crippen LogP contribution in [0.15, 0.2) is 103 Å². The highest BCUT2D eigenvalue weighted by Crippen LogP contribution is 2.35. The zero-order chi connectivity index (χ0) is 18.6. The number of rotatable bonds is 4. The van der Waals surface area contributed by atoms with Gasteiger partial charge in [-0.15, -0.1) is 0 Å². The first-order chi connectivity index (χ1) is 13.2. The molecule has 0 fully saturated rings. The van der Waals surface area contributed by atoms with E-state index < -0.39 is 0 Å². The van der Waals surface area contributed by atoms with E-state index in [1.807, 2.05) is 0 Å². The topological polar surface area (TPSA) is 3.24 Å². The lowest BCUT2D eigenvalue weighted by molar-refractivity contribution is 1.28. The van der Waals surface area contributed by atoms with Crippen molar-refractivity contribution in [3.05, 3.63) is 114 Å². The first kappa shape index (κ1) is 17.1. The molecule has 0 aliphatic carbocycles. The van der Waals surface area contributed by atoms with Crippen LogP contribution in [0.2, 0.25) is 0 Å². The zero-order valence-corrected chi connectivity index (χ0v) is 15.8. The Morgan fingerprint density at radius 1 is 0.519 bits per heavy atom. The maximum Gasteiger partial charge on any atom is 0.0462 e. The monoisotopic (exact) mass is 349 g/mol. The Kier molecular flexibility index (Phi) is 4.76. The third-order valence-electron chi connectivity index (χ3n) is 4.85. The Morgan fingerprint density at radius 3 is 1.56 bits per heavy atom. The molecular formula is C26H23N. The molecule has 0 saturated heterocycles. The van der Waals surface area contributed by atoms with Gasteiger partial charge < -0.3 is 4.90 Å². The van der Waals surface area contributed by atoms with Gasteiger partial charge in [0.15, 0.2) is 0 Å². The summed E-state index contributed by atoms with van der Waals surface area (Å²) in [6.07, 6.45) is 0. The minimum absolute atomic E-state index is 1.15. The molecule has 0 unspecified atom stereocenters. The van der Waals surface area contributed by atoms with Crippen LogP contribution in [0, 0.1) is 13.8 Å².